The highest BCUT2D eigenvalue weighted by molar-refractivity contribution is 5.95. The third-order valence-electron chi connectivity index (χ3n) is 3.03. The van der Waals surface area contributed by atoms with E-state index >= 15 is 0 Å². The van der Waals surface area contributed by atoms with Gasteiger partial charge in [-0.3, -0.25) is 4.79 Å². The van der Waals surface area contributed by atoms with E-state index in [1.807, 2.05) is 0 Å². The zero-order chi connectivity index (χ0) is 15.2. The number of rotatable bonds is 6. The fourth-order valence-electron chi connectivity index (χ4n) is 1.91. The summed E-state index contributed by atoms with van der Waals surface area (Å²) in [6.45, 7) is 0.0114. The summed E-state index contributed by atoms with van der Waals surface area (Å²) in [6.07, 6.45) is -0.832. The highest BCUT2D eigenvalue weighted by Crippen LogP contribution is 2.22. The number of amides is 1. The van der Waals surface area contributed by atoms with E-state index in [0.717, 1.165) is 0 Å². The van der Waals surface area contributed by atoms with Crippen LogP contribution in [0.25, 0.3) is 0 Å². The lowest BCUT2D eigenvalue weighted by atomic mass is 10.1. The summed E-state index contributed by atoms with van der Waals surface area (Å²) in [4.78, 5) is 11.3. The Morgan fingerprint density at radius 3 is 2.71 bits per heavy atom. The minimum Gasteiger partial charge on any atom is -0.497 e. The number of aliphatic hydroxyl groups excluding tert-OH is 1. The Morgan fingerprint density at radius 2 is 2.00 bits per heavy atom. The molecule has 3 N–H and O–H groups in total. The Balaban J connectivity index is 2.07. The molecule has 5 nitrogen and oxygen atoms in total. The predicted octanol–water partition coefficient (Wildman–Crippen LogP) is 1.91. The number of carbonyl (C=O) groups excluding carboxylic acids is 1. The summed E-state index contributed by atoms with van der Waals surface area (Å²) in [7, 11) is 1.56. The molecule has 0 saturated carbocycles. The first-order valence-corrected chi connectivity index (χ1v) is 6.45. The van der Waals surface area contributed by atoms with Gasteiger partial charge in [-0.15, -0.1) is 0 Å². The lowest BCUT2D eigenvalue weighted by Crippen LogP contribution is -2.15. The van der Waals surface area contributed by atoms with Crippen LogP contribution < -0.4 is 15.2 Å². The van der Waals surface area contributed by atoms with E-state index in [0.29, 0.717) is 17.1 Å². The van der Waals surface area contributed by atoms with Gasteiger partial charge in [-0.1, -0.05) is 24.3 Å². The number of benzene rings is 2. The lowest BCUT2D eigenvalue weighted by molar-refractivity contribution is 0.0966. The molecular formula is C16H17NO4. The van der Waals surface area contributed by atoms with Crippen molar-refractivity contribution in [2.45, 2.75) is 6.10 Å². The summed E-state index contributed by atoms with van der Waals surface area (Å²) in [5.41, 5.74) is 6.23. The maximum Gasteiger partial charge on any atom is 0.252 e. The van der Waals surface area contributed by atoms with Gasteiger partial charge in [-0.2, -0.15) is 0 Å². The molecule has 21 heavy (non-hydrogen) atoms. The van der Waals surface area contributed by atoms with Gasteiger partial charge in [0.1, 0.15) is 24.2 Å². The maximum absolute atomic E-state index is 11.3. The molecule has 0 aromatic heterocycles. The topological polar surface area (TPSA) is 81.8 Å². The summed E-state index contributed by atoms with van der Waals surface area (Å²) in [6, 6.07) is 13.7. The van der Waals surface area contributed by atoms with Crippen LogP contribution in [-0.2, 0) is 0 Å². The number of ether oxygens (including phenoxy) is 2. The van der Waals surface area contributed by atoms with Crippen molar-refractivity contribution in [3.8, 4) is 11.5 Å². The number of aliphatic hydroxyl groups is 1. The van der Waals surface area contributed by atoms with Crippen molar-refractivity contribution < 1.29 is 19.4 Å². The van der Waals surface area contributed by atoms with Crippen molar-refractivity contribution in [1.82, 2.24) is 0 Å². The summed E-state index contributed by atoms with van der Waals surface area (Å²) in [5, 5.41) is 10.1. The molecule has 0 aliphatic carbocycles. The average Bonchev–Trinajstić information content (AvgIpc) is 2.52. The number of para-hydroxylation sites is 1. The van der Waals surface area contributed by atoms with Crippen molar-refractivity contribution >= 4 is 5.91 Å². The van der Waals surface area contributed by atoms with Gasteiger partial charge in [0.2, 0.25) is 0 Å². The molecule has 0 bridgehead atoms. The smallest absolute Gasteiger partial charge is 0.252 e. The maximum atomic E-state index is 11.3. The van der Waals surface area contributed by atoms with Crippen molar-refractivity contribution in [2.75, 3.05) is 13.7 Å². The molecule has 0 fully saturated rings. The highest BCUT2D eigenvalue weighted by atomic mass is 16.5. The number of nitrogens with two attached hydrogens (primary N) is 1. The fourth-order valence-corrected chi connectivity index (χ4v) is 1.91. The van der Waals surface area contributed by atoms with E-state index in [1.165, 1.54) is 0 Å². The predicted molar refractivity (Wildman–Crippen MR) is 78.4 cm³/mol. The number of carbonyl (C=O) groups is 1. The Morgan fingerprint density at radius 1 is 1.24 bits per heavy atom. The standard InChI is InChI=1S/C16H17NO4/c1-20-12-6-4-5-11(9-12)14(18)10-21-15-8-3-2-7-13(15)16(17)19/h2-9,14,18H,10H2,1H3,(H2,17,19). The third-order valence-corrected chi connectivity index (χ3v) is 3.03. The molecule has 2 aromatic rings. The van der Waals surface area contributed by atoms with Crippen LogP contribution in [0.1, 0.15) is 22.0 Å². The number of primary amides is 1. The second kappa shape index (κ2) is 6.76. The lowest BCUT2D eigenvalue weighted by Gasteiger charge is -2.15. The number of methoxy groups -OCH3 is 1. The van der Waals surface area contributed by atoms with E-state index in [9.17, 15) is 9.90 Å². The van der Waals surface area contributed by atoms with Crippen molar-refractivity contribution in [3.05, 3.63) is 59.7 Å². The molecule has 0 radical (unpaired) electrons. The monoisotopic (exact) mass is 287 g/mol. The van der Waals surface area contributed by atoms with Gasteiger partial charge >= 0.3 is 0 Å². The normalized spacial score (nSPS) is 11.7. The van der Waals surface area contributed by atoms with Crippen LogP contribution in [0.15, 0.2) is 48.5 Å². The fraction of sp³-hybridized carbons (Fsp3) is 0.188. The molecule has 0 spiro atoms. The molecule has 0 aliphatic heterocycles. The summed E-state index contributed by atoms with van der Waals surface area (Å²) in [5.74, 6) is 0.442. The van der Waals surface area contributed by atoms with E-state index in [2.05, 4.69) is 0 Å². The largest absolute Gasteiger partial charge is 0.497 e. The van der Waals surface area contributed by atoms with Crippen LogP contribution in [-0.4, -0.2) is 24.7 Å². The van der Waals surface area contributed by atoms with Crippen LogP contribution in [0.2, 0.25) is 0 Å². The minimum atomic E-state index is -0.832. The number of hydrogen-bond donors (Lipinski definition) is 2. The SMILES string of the molecule is COc1cccc(C(O)COc2ccccc2C(N)=O)c1. The van der Waals surface area contributed by atoms with Crippen LogP contribution in [0.4, 0.5) is 0 Å². The zero-order valence-electron chi connectivity index (χ0n) is 11.7. The Bertz CT molecular complexity index is 627. The second-order valence-electron chi connectivity index (χ2n) is 4.46. The Hall–Kier alpha value is -2.53. The van der Waals surface area contributed by atoms with E-state index in [1.54, 1.807) is 55.6 Å². The molecule has 1 unspecified atom stereocenters. The van der Waals surface area contributed by atoms with Gasteiger partial charge in [-0.05, 0) is 29.8 Å². The van der Waals surface area contributed by atoms with Crippen molar-refractivity contribution in [1.29, 1.82) is 0 Å². The van der Waals surface area contributed by atoms with E-state index in [4.69, 9.17) is 15.2 Å². The van der Waals surface area contributed by atoms with Gasteiger partial charge in [0.25, 0.3) is 5.91 Å². The van der Waals surface area contributed by atoms with Crippen LogP contribution in [0.5, 0.6) is 11.5 Å². The minimum absolute atomic E-state index is 0.0114. The van der Waals surface area contributed by atoms with E-state index in [-0.39, 0.29) is 12.2 Å². The molecular weight excluding hydrogens is 270 g/mol. The Labute approximate surface area is 122 Å². The van der Waals surface area contributed by atoms with Gasteiger partial charge in [0, 0.05) is 0 Å². The second-order valence-corrected chi connectivity index (χ2v) is 4.46. The molecule has 5 heteroatoms. The zero-order valence-corrected chi connectivity index (χ0v) is 11.7. The first kappa shape index (κ1) is 14.9. The van der Waals surface area contributed by atoms with Gasteiger partial charge in [0.15, 0.2) is 0 Å². The van der Waals surface area contributed by atoms with Gasteiger partial charge < -0.3 is 20.3 Å². The molecule has 0 heterocycles. The highest BCUT2D eigenvalue weighted by Gasteiger charge is 2.13. The molecule has 0 aliphatic rings. The Kier molecular flexibility index (Phi) is 4.79. The quantitative estimate of drug-likeness (QED) is 0.850. The molecule has 2 aromatic carbocycles. The molecule has 2 rings (SSSR count). The summed E-state index contributed by atoms with van der Waals surface area (Å²) >= 11 is 0. The molecule has 1 atom stereocenters. The van der Waals surface area contributed by atoms with Gasteiger partial charge in [0.05, 0.1) is 12.7 Å². The first-order valence-electron chi connectivity index (χ1n) is 6.45. The van der Waals surface area contributed by atoms with Crippen LogP contribution in [0.3, 0.4) is 0 Å². The van der Waals surface area contributed by atoms with Crippen LogP contribution >= 0.6 is 0 Å². The van der Waals surface area contributed by atoms with Gasteiger partial charge in [-0.25, -0.2) is 0 Å². The number of hydrogen-bond acceptors (Lipinski definition) is 4. The van der Waals surface area contributed by atoms with Crippen LogP contribution in [0, 0.1) is 0 Å². The van der Waals surface area contributed by atoms with Crippen molar-refractivity contribution in [2.24, 2.45) is 5.73 Å². The average molecular weight is 287 g/mol. The molecule has 110 valence electrons. The van der Waals surface area contributed by atoms with E-state index < -0.39 is 12.0 Å². The molecule has 0 saturated heterocycles. The summed E-state index contributed by atoms with van der Waals surface area (Å²) < 4.78 is 10.6. The third kappa shape index (κ3) is 3.73. The van der Waals surface area contributed by atoms with Crippen molar-refractivity contribution in [3.63, 3.8) is 0 Å². The molecule has 1 amide bonds. The first-order chi connectivity index (χ1) is 10.1.